The van der Waals surface area contributed by atoms with Gasteiger partial charge in [-0.3, -0.25) is 9.69 Å². The molecule has 1 aliphatic heterocycles. The molecule has 1 saturated heterocycles. The number of hydrogen-bond donors (Lipinski definition) is 1. The standard InChI is InChI=1S/C25H26F2N4O/c26-21-8-4-18(5-9-21)16-25(32)31-14-12-30(13-15-31)11-10-19-6-7-20(17-22(19)27)23-2-1-3-24(28)29-23/h1-9,17H,10-16H2,(H2,28,29). The Balaban J connectivity index is 1.26. The number of hydrogen-bond acceptors (Lipinski definition) is 4. The van der Waals surface area contributed by atoms with Crippen LogP contribution in [0.15, 0.2) is 60.7 Å². The highest BCUT2D eigenvalue weighted by Crippen LogP contribution is 2.21. The fraction of sp³-hybridized carbons (Fsp3) is 0.280. The lowest BCUT2D eigenvalue weighted by Gasteiger charge is -2.34. The van der Waals surface area contributed by atoms with Crippen LogP contribution in [0.2, 0.25) is 0 Å². The minimum absolute atomic E-state index is 0.0491. The van der Waals surface area contributed by atoms with E-state index in [2.05, 4.69) is 9.88 Å². The van der Waals surface area contributed by atoms with Crippen LogP contribution in [0.25, 0.3) is 11.3 Å². The van der Waals surface area contributed by atoms with Crippen molar-refractivity contribution < 1.29 is 13.6 Å². The van der Waals surface area contributed by atoms with Crippen LogP contribution in [0.1, 0.15) is 11.1 Å². The van der Waals surface area contributed by atoms with Gasteiger partial charge in [0.15, 0.2) is 0 Å². The zero-order valence-electron chi connectivity index (χ0n) is 17.8. The van der Waals surface area contributed by atoms with Gasteiger partial charge in [0, 0.05) is 38.3 Å². The smallest absolute Gasteiger partial charge is 0.227 e. The van der Waals surface area contributed by atoms with Gasteiger partial charge in [-0.2, -0.15) is 0 Å². The molecule has 0 spiro atoms. The van der Waals surface area contributed by atoms with E-state index in [1.807, 2.05) is 17.0 Å². The molecule has 7 heteroatoms. The number of nitrogens with two attached hydrogens (primary N) is 1. The molecule has 0 radical (unpaired) electrons. The normalized spacial score (nSPS) is 14.5. The van der Waals surface area contributed by atoms with Crippen molar-refractivity contribution in [3.63, 3.8) is 0 Å². The molecule has 2 aromatic carbocycles. The second kappa shape index (κ2) is 9.87. The molecule has 166 valence electrons. The summed E-state index contributed by atoms with van der Waals surface area (Å²) < 4.78 is 27.7. The van der Waals surface area contributed by atoms with E-state index < -0.39 is 0 Å². The fourth-order valence-corrected chi connectivity index (χ4v) is 3.91. The van der Waals surface area contributed by atoms with E-state index in [0.717, 1.165) is 25.2 Å². The van der Waals surface area contributed by atoms with Crippen molar-refractivity contribution in [1.29, 1.82) is 0 Å². The number of carbonyl (C=O) groups excluding carboxylic acids is 1. The molecule has 0 unspecified atom stereocenters. The van der Waals surface area contributed by atoms with Gasteiger partial charge in [-0.1, -0.05) is 30.3 Å². The van der Waals surface area contributed by atoms with Crippen molar-refractivity contribution in [2.24, 2.45) is 0 Å². The van der Waals surface area contributed by atoms with Crippen LogP contribution in [0.4, 0.5) is 14.6 Å². The maximum atomic E-state index is 14.6. The Morgan fingerprint density at radius 2 is 1.72 bits per heavy atom. The number of rotatable bonds is 6. The first-order valence-corrected chi connectivity index (χ1v) is 10.7. The summed E-state index contributed by atoms with van der Waals surface area (Å²) in [6.07, 6.45) is 0.875. The van der Waals surface area contributed by atoms with Crippen LogP contribution in [0.3, 0.4) is 0 Å². The molecule has 1 aromatic heterocycles. The van der Waals surface area contributed by atoms with Crippen LogP contribution in [-0.4, -0.2) is 53.4 Å². The molecule has 5 nitrogen and oxygen atoms in total. The maximum Gasteiger partial charge on any atom is 0.227 e. The molecule has 3 aromatic rings. The molecule has 4 rings (SSSR count). The molecule has 1 fully saturated rings. The Morgan fingerprint density at radius 1 is 0.969 bits per heavy atom. The third-order valence-electron chi connectivity index (χ3n) is 5.81. The lowest BCUT2D eigenvalue weighted by atomic mass is 10.1. The third-order valence-corrected chi connectivity index (χ3v) is 5.81. The summed E-state index contributed by atoms with van der Waals surface area (Å²) in [5.41, 5.74) is 8.54. The molecule has 1 amide bonds. The Hall–Kier alpha value is -3.32. The fourth-order valence-electron chi connectivity index (χ4n) is 3.91. The van der Waals surface area contributed by atoms with Crippen molar-refractivity contribution >= 4 is 11.7 Å². The monoisotopic (exact) mass is 436 g/mol. The maximum absolute atomic E-state index is 14.6. The highest BCUT2D eigenvalue weighted by molar-refractivity contribution is 5.78. The minimum atomic E-state index is -0.303. The van der Waals surface area contributed by atoms with E-state index >= 15 is 0 Å². The molecule has 0 saturated carbocycles. The van der Waals surface area contributed by atoms with Crippen LogP contribution in [-0.2, 0) is 17.6 Å². The summed E-state index contributed by atoms with van der Waals surface area (Å²) in [4.78, 5) is 20.8. The van der Waals surface area contributed by atoms with Crippen LogP contribution in [0.5, 0.6) is 0 Å². The minimum Gasteiger partial charge on any atom is -0.384 e. The molecule has 0 atom stereocenters. The van der Waals surface area contributed by atoms with Crippen LogP contribution in [0, 0.1) is 11.6 Å². The van der Waals surface area contributed by atoms with Crippen LogP contribution < -0.4 is 5.73 Å². The number of nitrogens with zero attached hydrogens (tertiary/aromatic N) is 3. The number of anilines is 1. The van der Waals surface area contributed by atoms with Gasteiger partial charge in [0.25, 0.3) is 0 Å². The van der Waals surface area contributed by atoms with Crippen molar-refractivity contribution in [2.75, 3.05) is 38.5 Å². The highest BCUT2D eigenvalue weighted by Gasteiger charge is 2.21. The second-order valence-corrected chi connectivity index (χ2v) is 8.03. The average molecular weight is 437 g/mol. The van der Waals surface area contributed by atoms with E-state index in [1.54, 1.807) is 30.3 Å². The van der Waals surface area contributed by atoms with Crippen molar-refractivity contribution in [2.45, 2.75) is 12.8 Å². The average Bonchev–Trinajstić information content (AvgIpc) is 2.80. The molecule has 0 aliphatic carbocycles. The molecular weight excluding hydrogens is 410 g/mol. The second-order valence-electron chi connectivity index (χ2n) is 8.03. The summed E-state index contributed by atoms with van der Waals surface area (Å²) in [5.74, 6) is -0.0996. The number of pyridine rings is 1. The van der Waals surface area contributed by atoms with E-state index in [4.69, 9.17) is 5.73 Å². The largest absolute Gasteiger partial charge is 0.384 e. The first-order chi connectivity index (χ1) is 15.5. The van der Waals surface area contributed by atoms with Crippen molar-refractivity contribution in [3.8, 4) is 11.3 Å². The number of nitrogen functional groups attached to an aromatic ring is 1. The number of halogens is 2. The zero-order valence-corrected chi connectivity index (χ0v) is 17.8. The number of benzene rings is 2. The Labute approximate surface area is 186 Å². The quantitative estimate of drug-likeness (QED) is 0.642. The lowest BCUT2D eigenvalue weighted by molar-refractivity contribution is -0.132. The molecule has 32 heavy (non-hydrogen) atoms. The first kappa shape index (κ1) is 21.9. The van der Waals surface area contributed by atoms with Gasteiger partial charge >= 0.3 is 0 Å². The SMILES string of the molecule is Nc1cccc(-c2ccc(CCN3CCN(C(=O)Cc4ccc(F)cc4)CC3)c(F)c2)n1. The summed E-state index contributed by atoms with van der Waals surface area (Å²) >= 11 is 0. The number of carbonyl (C=O) groups is 1. The van der Waals surface area contributed by atoms with Crippen molar-refractivity contribution in [3.05, 3.63) is 83.4 Å². The number of piperazine rings is 1. The summed E-state index contributed by atoms with van der Waals surface area (Å²) in [5, 5.41) is 0. The number of aromatic nitrogens is 1. The van der Waals surface area contributed by atoms with Gasteiger partial charge in [-0.05, 0) is 47.9 Å². The van der Waals surface area contributed by atoms with Gasteiger partial charge in [0.05, 0.1) is 12.1 Å². The highest BCUT2D eigenvalue weighted by atomic mass is 19.1. The molecular formula is C25H26F2N4O. The van der Waals surface area contributed by atoms with Crippen molar-refractivity contribution in [1.82, 2.24) is 14.8 Å². The van der Waals surface area contributed by atoms with E-state index in [0.29, 0.717) is 42.1 Å². The first-order valence-electron chi connectivity index (χ1n) is 10.7. The molecule has 2 N–H and O–H groups in total. The van der Waals surface area contributed by atoms with E-state index in [9.17, 15) is 13.6 Å². The lowest BCUT2D eigenvalue weighted by Crippen LogP contribution is -2.49. The Kier molecular flexibility index (Phi) is 6.75. The van der Waals surface area contributed by atoms with Gasteiger partial charge in [-0.15, -0.1) is 0 Å². The summed E-state index contributed by atoms with van der Waals surface area (Å²) in [7, 11) is 0. The van der Waals surface area contributed by atoms with Gasteiger partial charge in [-0.25, -0.2) is 13.8 Å². The van der Waals surface area contributed by atoms with Gasteiger partial charge in [0.1, 0.15) is 17.5 Å². The predicted octanol–water partition coefficient (Wildman–Crippen LogP) is 3.54. The Bertz CT molecular complexity index is 1080. The third kappa shape index (κ3) is 5.48. The predicted molar refractivity (Wildman–Crippen MR) is 121 cm³/mol. The molecule has 2 heterocycles. The van der Waals surface area contributed by atoms with Crippen LogP contribution >= 0.6 is 0 Å². The molecule has 1 aliphatic rings. The summed E-state index contributed by atoms with van der Waals surface area (Å²) in [6.45, 7) is 3.52. The number of amides is 1. The zero-order chi connectivity index (χ0) is 22.5. The van der Waals surface area contributed by atoms with E-state index in [-0.39, 0.29) is 24.0 Å². The van der Waals surface area contributed by atoms with Gasteiger partial charge in [0.2, 0.25) is 5.91 Å². The summed E-state index contributed by atoms with van der Waals surface area (Å²) in [6, 6.07) is 16.5. The topological polar surface area (TPSA) is 62.5 Å². The Morgan fingerprint density at radius 3 is 2.41 bits per heavy atom. The molecule has 0 bridgehead atoms. The van der Waals surface area contributed by atoms with Gasteiger partial charge < -0.3 is 10.6 Å². The van der Waals surface area contributed by atoms with E-state index in [1.165, 1.54) is 18.2 Å².